The van der Waals surface area contributed by atoms with Crippen molar-refractivity contribution in [3.05, 3.63) is 194 Å². The Kier molecular flexibility index (Phi) is 6.82. The number of para-hydroxylation sites is 3. The second-order valence-electron chi connectivity index (χ2n) is 13.9. The molecule has 0 saturated carbocycles. The molecule has 0 N–H and O–H groups in total. The number of benzene rings is 8. The van der Waals surface area contributed by atoms with E-state index >= 15 is 0 Å². The zero-order valence-electron chi connectivity index (χ0n) is 29.3. The highest BCUT2D eigenvalue weighted by molar-refractivity contribution is 6.13. The highest BCUT2D eigenvalue weighted by Crippen LogP contribution is 2.37. The van der Waals surface area contributed by atoms with Crippen LogP contribution in [0.2, 0.25) is 0 Å². The average Bonchev–Trinajstić information content (AvgIpc) is 3.81. The highest BCUT2D eigenvalue weighted by atomic mass is 15.0. The molecule has 54 heavy (non-hydrogen) atoms. The van der Waals surface area contributed by atoms with E-state index in [2.05, 4.69) is 197 Å². The topological polar surface area (TPSA) is 35.6 Å². The van der Waals surface area contributed by atoms with Crippen molar-refractivity contribution in [1.82, 2.24) is 19.1 Å². The summed E-state index contributed by atoms with van der Waals surface area (Å²) in [5, 5.41) is 7.19. The Balaban J connectivity index is 0.999. The fourth-order valence-electron chi connectivity index (χ4n) is 8.16. The molecule has 3 heterocycles. The first kappa shape index (κ1) is 30.3. The molecule has 0 spiro atoms. The van der Waals surface area contributed by atoms with Crippen LogP contribution in [0.5, 0.6) is 0 Å². The van der Waals surface area contributed by atoms with E-state index in [0.29, 0.717) is 5.82 Å². The summed E-state index contributed by atoms with van der Waals surface area (Å²) >= 11 is 0. The Morgan fingerprint density at radius 1 is 0.370 bits per heavy atom. The smallest absolute Gasteiger partial charge is 0.160 e. The first-order valence-corrected chi connectivity index (χ1v) is 18.3. The normalized spacial score (nSPS) is 11.7. The third kappa shape index (κ3) is 4.85. The Morgan fingerprint density at radius 3 is 1.91 bits per heavy atom. The van der Waals surface area contributed by atoms with Gasteiger partial charge in [0.1, 0.15) is 0 Å². The monoisotopic (exact) mass is 688 g/mol. The van der Waals surface area contributed by atoms with Crippen LogP contribution in [0.4, 0.5) is 0 Å². The van der Waals surface area contributed by atoms with Gasteiger partial charge in [0.05, 0.1) is 27.8 Å². The van der Waals surface area contributed by atoms with E-state index in [1.54, 1.807) is 0 Å². The summed E-state index contributed by atoms with van der Waals surface area (Å²) in [5.74, 6) is 0.708. The first-order chi connectivity index (χ1) is 26.8. The van der Waals surface area contributed by atoms with Crippen molar-refractivity contribution in [3.8, 4) is 45.1 Å². The van der Waals surface area contributed by atoms with E-state index in [1.807, 2.05) is 6.07 Å². The maximum absolute atomic E-state index is 5.23. The summed E-state index contributed by atoms with van der Waals surface area (Å²) < 4.78 is 4.64. The Hall–Kier alpha value is -7.30. The van der Waals surface area contributed by atoms with Crippen molar-refractivity contribution in [2.24, 2.45) is 0 Å². The fraction of sp³-hybridized carbons (Fsp3) is 0. The van der Waals surface area contributed by atoms with Gasteiger partial charge in [0, 0.05) is 50.2 Å². The molecule has 252 valence electrons. The highest BCUT2D eigenvalue weighted by Gasteiger charge is 2.17. The van der Waals surface area contributed by atoms with Gasteiger partial charge in [-0.15, -0.1) is 0 Å². The van der Waals surface area contributed by atoms with Crippen molar-refractivity contribution in [2.75, 3.05) is 0 Å². The maximum Gasteiger partial charge on any atom is 0.160 e. The minimum atomic E-state index is 0.708. The standard InChI is InChI=1S/C50H32N4/c1-2-13-38(14-3-1)53-30-29-37-31-48-44(32-47(37)53)42-16-7-9-20-46(42)54(48)39-27-25-36(26-28-39)50-51-45-19-8-6-17-43(45)49(52-50)35-23-21-34(22-24-35)41-18-10-12-33-11-4-5-15-40(33)41/h1-32H. The van der Waals surface area contributed by atoms with Crippen molar-refractivity contribution in [1.29, 1.82) is 0 Å². The predicted octanol–water partition coefficient (Wildman–Crippen LogP) is 12.8. The van der Waals surface area contributed by atoms with E-state index < -0.39 is 0 Å². The molecule has 0 aliphatic rings. The van der Waals surface area contributed by atoms with Gasteiger partial charge in [-0.3, -0.25) is 0 Å². The summed E-state index contributed by atoms with van der Waals surface area (Å²) in [7, 11) is 0. The number of hydrogen-bond acceptors (Lipinski definition) is 2. The minimum Gasteiger partial charge on any atom is -0.317 e. The molecule has 8 aromatic carbocycles. The van der Waals surface area contributed by atoms with Crippen molar-refractivity contribution < 1.29 is 0 Å². The lowest BCUT2D eigenvalue weighted by atomic mass is 9.96. The zero-order chi connectivity index (χ0) is 35.6. The molecule has 3 aromatic heterocycles. The Bertz CT molecular complexity index is 3180. The number of fused-ring (bicyclic) bond motifs is 6. The average molecular weight is 689 g/mol. The summed E-state index contributed by atoms with van der Waals surface area (Å²) in [4.78, 5) is 10.3. The van der Waals surface area contributed by atoms with Crippen LogP contribution in [0.25, 0.3) is 99.5 Å². The Morgan fingerprint density at radius 2 is 1.06 bits per heavy atom. The van der Waals surface area contributed by atoms with Gasteiger partial charge in [-0.25, -0.2) is 9.97 Å². The largest absolute Gasteiger partial charge is 0.317 e. The molecule has 0 aliphatic heterocycles. The molecule has 11 rings (SSSR count). The third-order valence-corrected chi connectivity index (χ3v) is 10.8. The lowest BCUT2D eigenvalue weighted by molar-refractivity contribution is 1.13. The van der Waals surface area contributed by atoms with Gasteiger partial charge in [-0.2, -0.15) is 0 Å². The number of hydrogen-bond donors (Lipinski definition) is 0. The summed E-state index contributed by atoms with van der Waals surface area (Å²) in [6.07, 6.45) is 2.16. The van der Waals surface area contributed by atoms with E-state index in [-0.39, 0.29) is 0 Å². The van der Waals surface area contributed by atoms with Crippen molar-refractivity contribution in [2.45, 2.75) is 0 Å². The van der Waals surface area contributed by atoms with E-state index in [1.165, 1.54) is 54.6 Å². The lowest BCUT2D eigenvalue weighted by Crippen LogP contribution is -1.97. The van der Waals surface area contributed by atoms with Crippen LogP contribution in [0.15, 0.2) is 194 Å². The molecule has 4 heteroatoms. The molecular formula is C50H32N4. The molecule has 0 fully saturated rings. The summed E-state index contributed by atoms with van der Waals surface area (Å²) in [6, 6.07) is 66.9. The number of aromatic nitrogens is 4. The van der Waals surface area contributed by atoms with E-state index in [4.69, 9.17) is 9.97 Å². The molecular weight excluding hydrogens is 657 g/mol. The maximum atomic E-state index is 5.23. The summed E-state index contributed by atoms with van der Waals surface area (Å²) in [5.41, 5.74) is 12.1. The first-order valence-electron chi connectivity index (χ1n) is 18.3. The zero-order valence-corrected chi connectivity index (χ0v) is 29.3. The van der Waals surface area contributed by atoms with Crippen LogP contribution in [0, 0.1) is 0 Å². The van der Waals surface area contributed by atoms with Crippen LogP contribution < -0.4 is 0 Å². The van der Waals surface area contributed by atoms with Gasteiger partial charge in [0.15, 0.2) is 5.82 Å². The van der Waals surface area contributed by atoms with Gasteiger partial charge in [-0.1, -0.05) is 121 Å². The Labute approximate surface area is 311 Å². The molecule has 0 aliphatic carbocycles. The van der Waals surface area contributed by atoms with Gasteiger partial charge in [-0.05, 0) is 88.6 Å². The van der Waals surface area contributed by atoms with E-state index in [9.17, 15) is 0 Å². The summed E-state index contributed by atoms with van der Waals surface area (Å²) in [6.45, 7) is 0. The van der Waals surface area contributed by atoms with Crippen LogP contribution in [0.1, 0.15) is 0 Å². The van der Waals surface area contributed by atoms with Crippen LogP contribution in [0.3, 0.4) is 0 Å². The van der Waals surface area contributed by atoms with Crippen LogP contribution in [-0.2, 0) is 0 Å². The fourth-order valence-corrected chi connectivity index (χ4v) is 8.16. The molecule has 0 amide bonds. The van der Waals surface area contributed by atoms with Crippen LogP contribution >= 0.6 is 0 Å². The predicted molar refractivity (Wildman–Crippen MR) is 225 cm³/mol. The third-order valence-electron chi connectivity index (χ3n) is 10.8. The minimum absolute atomic E-state index is 0.708. The quantitative estimate of drug-likeness (QED) is 0.180. The molecule has 4 nitrogen and oxygen atoms in total. The van der Waals surface area contributed by atoms with E-state index in [0.717, 1.165) is 39.1 Å². The SMILES string of the molecule is c1ccc(-n2ccc3cc4c(cc32)c2ccccc2n4-c2ccc(-c3nc(-c4ccc(-c5cccc6ccccc56)cc4)c4ccccc4n3)cc2)cc1. The van der Waals surface area contributed by atoms with Crippen molar-refractivity contribution in [3.63, 3.8) is 0 Å². The molecule has 0 atom stereocenters. The molecule has 0 unspecified atom stereocenters. The van der Waals surface area contributed by atoms with Crippen molar-refractivity contribution >= 4 is 54.4 Å². The van der Waals surface area contributed by atoms with Gasteiger partial charge >= 0.3 is 0 Å². The number of nitrogens with zero attached hydrogens (tertiary/aromatic N) is 4. The second-order valence-corrected chi connectivity index (χ2v) is 13.9. The molecule has 0 bridgehead atoms. The number of rotatable bonds is 5. The van der Waals surface area contributed by atoms with Gasteiger partial charge in [0.25, 0.3) is 0 Å². The molecule has 0 saturated heterocycles. The second kappa shape index (κ2) is 12.1. The molecule has 11 aromatic rings. The lowest BCUT2D eigenvalue weighted by Gasteiger charge is -2.12. The van der Waals surface area contributed by atoms with Gasteiger partial charge < -0.3 is 9.13 Å². The van der Waals surface area contributed by atoms with Crippen LogP contribution in [-0.4, -0.2) is 19.1 Å². The van der Waals surface area contributed by atoms with Gasteiger partial charge in [0.2, 0.25) is 0 Å². The molecule has 0 radical (unpaired) electrons.